The molecule has 0 radical (unpaired) electrons. The van der Waals surface area contributed by atoms with Gasteiger partial charge in [-0.25, -0.2) is 9.77 Å². The first-order valence-electron chi connectivity index (χ1n) is 4.30. The van der Waals surface area contributed by atoms with E-state index < -0.39 is 0 Å². The van der Waals surface area contributed by atoms with Crippen molar-refractivity contribution in [2.75, 3.05) is 13.0 Å². The van der Waals surface area contributed by atoms with Gasteiger partial charge in [0.25, 0.3) is 0 Å². The average Bonchev–Trinajstić information content (AvgIpc) is 2.60. The quantitative estimate of drug-likeness (QED) is 0.636. The van der Waals surface area contributed by atoms with Gasteiger partial charge in [0.15, 0.2) is 5.82 Å². The van der Waals surface area contributed by atoms with Gasteiger partial charge in [-0.05, 0) is 24.4 Å². The second kappa shape index (κ2) is 5.00. The van der Waals surface area contributed by atoms with Crippen molar-refractivity contribution >= 4 is 24.6 Å². The van der Waals surface area contributed by atoms with Crippen LogP contribution in [0, 0.1) is 4.77 Å². The van der Waals surface area contributed by atoms with Gasteiger partial charge in [-0.3, -0.25) is 0 Å². The molecule has 3 N–H and O–H groups in total. The zero-order valence-electron chi connectivity index (χ0n) is 8.51. The summed E-state index contributed by atoms with van der Waals surface area (Å²) in [4.78, 5) is 0. The Kier molecular flexibility index (Phi) is 3.92. The van der Waals surface area contributed by atoms with Crippen molar-refractivity contribution in [3.8, 4) is 17.1 Å². The molecule has 0 unspecified atom stereocenters. The SMILES string of the molecule is COc1ccccc1-c1n[nH]c(=S)n1N.Cl. The number of halogens is 1. The number of nitrogen functional groups attached to an aromatic ring is 1. The molecule has 0 bridgehead atoms. The lowest BCUT2D eigenvalue weighted by atomic mass is 10.2. The molecule has 1 aromatic carbocycles. The lowest BCUT2D eigenvalue weighted by Crippen LogP contribution is -2.10. The summed E-state index contributed by atoms with van der Waals surface area (Å²) in [5.41, 5.74) is 0.801. The molecule has 0 saturated heterocycles. The third-order valence-electron chi connectivity index (χ3n) is 2.05. The van der Waals surface area contributed by atoms with Crippen LogP contribution in [0.25, 0.3) is 11.4 Å². The molecular formula is C9H11ClN4OS. The number of H-pyrrole nitrogens is 1. The van der Waals surface area contributed by atoms with E-state index in [1.54, 1.807) is 7.11 Å². The Morgan fingerprint density at radius 2 is 2.12 bits per heavy atom. The van der Waals surface area contributed by atoms with Gasteiger partial charge in [-0.1, -0.05) is 12.1 Å². The second-order valence-corrected chi connectivity index (χ2v) is 3.31. The molecule has 0 amide bonds. The summed E-state index contributed by atoms with van der Waals surface area (Å²) in [6.07, 6.45) is 0. The standard InChI is InChI=1S/C9H10N4OS.ClH/c1-14-7-5-3-2-4-6(7)8-11-12-9(15)13(8)10;/h2-5H,10H2,1H3,(H,12,15);1H. The summed E-state index contributed by atoms with van der Waals surface area (Å²) < 4.78 is 6.89. The van der Waals surface area contributed by atoms with Crippen molar-refractivity contribution in [3.05, 3.63) is 29.0 Å². The van der Waals surface area contributed by atoms with Crippen LogP contribution in [0.15, 0.2) is 24.3 Å². The number of nitrogens with one attached hydrogen (secondary N) is 1. The van der Waals surface area contributed by atoms with E-state index in [1.807, 2.05) is 24.3 Å². The molecular weight excluding hydrogens is 248 g/mol. The fraction of sp³-hybridized carbons (Fsp3) is 0.111. The van der Waals surface area contributed by atoms with Crippen LogP contribution in [0.2, 0.25) is 0 Å². The number of benzene rings is 1. The Hall–Kier alpha value is -1.53. The molecule has 0 fully saturated rings. The van der Waals surface area contributed by atoms with Crippen molar-refractivity contribution in [1.82, 2.24) is 14.9 Å². The molecule has 2 aromatic rings. The zero-order chi connectivity index (χ0) is 10.8. The van der Waals surface area contributed by atoms with Crippen molar-refractivity contribution in [1.29, 1.82) is 0 Å². The Morgan fingerprint density at radius 1 is 1.44 bits per heavy atom. The fourth-order valence-electron chi connectivity index (χ4n) is 1.32. The number of para-hydroxylation sites is 1. The first-order valence-corrected chi connectivity index (χ1v) is 4.70. The van der Waals surface area contributed by atoms with Gasteiger partial charge < -0.3 is 10.6 Å². The number of methoxy groups -OCH3 is 1. The fourth-order valence-corrected chi connectivity index (χ4v) is 1.46. The highest BCUT2D eigenvalue weighted by atomic mass is 35.5. The molecule has 0 spiro atoms. The van der Waals surface area contributed by atoms with Crippen molar-refractivity contribution in [2.45, 2.75) is 0 Å². The summed E-state index contributed by atoms with van der Waals surface area (Å²) in [6, 6.07) is 7.47. The summed E-state index contributed by atoms with van der Waals surface area (Å²) in [5.74, 6) is 6.98. The number of nitrogens with two attached hydrogens (primary N) is 1. The minimum Gasteiger partial charge on any atom is -0.496 e. The maximum absolute atomic E-state index is 5.72. The highest BCUT2D eigenvalue weighted by Crippen LogP contribution is 2.26. The molecule has 0 aliphatic rings. The third-order valence-corrected chi connectivity index (χ3v) is 2.34. The molecule has 86 valence electrons. The number of rotatable bonds is 2. The van der Waals surface area contributed by atoms with E-state index in [-0.39, 0.29) is 12.4 Å². The van der Waals surface area contributed by atoms with Crippen LogP contribution in [0.3, 0.4) is 0 Å². The molecule has 1 heterocycles. The maximum atomic E-state index is 5.72. The molecule has 0 aliphatic carbocycles. The number of ether oxygens (including phenoxy) is 1. The molecule has 0 saturated carbocycles. The van der Waals surface area contributed by atoms with Crippen LogP contribution in [0.1, 0.15) is 0 Å². The summed E-state index contributed by atoms with van der Waals surface area (Å²) in [5, 5.41) is 6.66. The number of hydrogen-bond acceptors (Lipinski definition) is 4. The number of hydrogen-bond donors (Lipinski definition) is 2. The largest absolute Gasteiger partial charge is 0.496 e. The highest BCUT2D eigenvalue weighted by molar-refractivity contribution is 7.71. The van der Waals surface area contributed by atoms with E-state index in [0.29, 0.717) is 16.3 Å². The minimum atomic E-state index is 0. The first kappa shape index (κ1) is 12.5. The average molecular weight is 259 g/mol. The van der Waals surface area contributed by atoms with Crippen LogP contribution < -0.4 is 10.6 Å². The molecule has 0 aliphatic heterocycles. The van der Waals surface area contributed by atoms with Crippen LogP contribution >= 0.6 is 24.6 Å². The summed E-state index contributed by atoms with van der Waals surface area (Å²) >= 11 is 4.93. The summed E-state index contributed by atoms with van der Waals surface area (Å²) in [6.45, 7) is 0. The Balaban J connectivity index is 0.00000128. The van der Waals surface area contributed by atoms with Gasteiger partial charge in [-0.15, -0.1) is 12.4 Å². The van der Waals surface area contributed by atoms with Crippen LogP contribution in [0.4, 0.5) is 0 Å². The topological polar surface area (TPSA) is 68.9 Å². The van der Waals surface area contributed by atoms with Crippen molar-refractivity contribution in [3.63, 3.8) is 0 Å². The maximum Gasteiger partial charge on any atom is 0.214 e. The van der Waals surface area contributed by atoms with Gasteiger partial charge in [-0.2, -0.15) is 5.10 Å². The Labute approximate surface area is 104 Å². The van der Waals surface area contributed by atoms with Gasteiger partial charge in [0.2, 0.25) is 4.77 Å². The normalized spacial score (nSPS) is 9.56. The number of aromatic nitrogens is 3. The van der Waals surface area contributed by atoms with Crippen LogP contribution in [0.5, 0.6) is 5.75 Å². The third kappa shape index (κ3) is 2.02. The lowest BCUT2D eigenvalue weighted by molar-refractivity contribution is 0.416. The van der Waals surface area contributed by atoms with Crippen molar-refractivity contribution in [2.24, 2.45) is 0 Å². The predicted molar refractivity (Wildman–Crippen MR) is 66.8 cm³/mol. The van der Waals surface area contributed by atoms with E-state index in [2.05, 4.69) is 10.2 Å². The molecule has 7 heteroatoms. The van der Waals surface area contributed by atoms with Gasteiger partial charge in [0, 0.05) is 0 Å². The molecule has 2 rings (SSSR count). The number of nitrogens with zero attached hydrogens (tertiary/aromatic N) is 2. The smallest absolute Gasteiger partial charge is 0.214 e. The summed E-state index contributed by atoms with van der Waals surface area (Å²) in [7, 11) is 1.60. The Bertz CT molecular complexity index is 536. The van der Waals surface area contributed by atoms with Gasteiger partial charge in [0.1, 0.15) is 5.75 Å². The highest BCUT2D eigenvalue weighted by Gasteiger charge is 2.10. The van der Waals surface area contributed by atoms with E-state index in [1.165, 1.54) is 4.68 Å². The molecule has 0 atom stereocenters. The van der Waals surface area contributed by atoms with Crippen LogP contribution in [-0.4, -0.2) is 22.0 Å². The number of aromatic amines is 1. The monoisotopic (exact) mass is 258 g/mol. The first-order chi connectivity index (χ1) is 7.24. The van der Waals surface area contributed by atoms with Crippen LogP contribution in [-0.2, 0) is 0 Å². The van der Waals surface area contributed by atoms with Crippen molar-refractivity contribution < 1.29 is 4.74 Å². The molecule has 5 nitrogen and oxygen atoms in total. The minimum absolute atomic E-state index is 0. The second-order valence-electron chi connectivity index (χ2n) is 2.92. The van der Waals surface area contributed by atoms with E-state index >= 15 is 0 Å². The van der Waals surface area contributed by atoms with Gasteiger partial charge >= 0.3 is 0 Å². The Morgan fingerprint density at radius 3 is 2.69 bits per heavy atom. The van der Waals surface area contributed by atoms with E-state index in [9.17, 15) is 0 Å². The van der Waals surface area contributed by atoms with E-state index in [0.717, 1.165) is 5.56 Å². The lowest BCUT2D eigenvalue weighted by Gasteiger charge is -2.06. The zero-order valence-corrected chi connectivity index (χ0v) is 10.1. The van der Waals surface area contributed by atoms with E-state index in [4.69, 9.17) is 22.8 Å². The van der Waals surface area contributed by atoms with Gasteiger partial charge in [0.05, 0.1) is 12.7 Å². The molecule has 1 aromatic heterocycles. The predicted octanol–water partition coefficient (Wildman–Crippen LogP) is 1.75. The molecule has 16 heavy (non-hydrogen) atoms.